The van der Waals surface area contributed by atoms with Gasteiger partial charge in [0.05, 0.1) is 11.4 Å². The fraction of sp³-hybridized carbons (Fsp3) is 0.500. The number of rotatable bonds is 8. The van der Waals surface area contributed by atoms with Crippen molar-refractivity contribution in [2.45, 2.75) is 52.4 Å². The summed E-state index contributed by atoms with van der Waals surface area (Å²) in [6.45, 7) is 4.10. The summed E-state index contributed by atoms with van der Waals surface area (Å²) >= 11 is 0. The number of hydrogen-bond acceptors (Lipinski definition) is 2. The van der Waals surface area contributed by atoms with E-state index < -0.39 is 0 Å². The van der Waals surface area contributed by atoms with Crippen LogP contribution in [0.15, 0.2) is 24.3 Å². The molecule has 0 unspecified atom stereocenters. The van der Waals surface area contributed by atoms with Gasteiger partial charge in [-0.25, -0.2) is 0 Å². The molecule has 0 saturated heterocycles. The minimum atomic E-state index is -0.0119. The molecule has 0 saturated carbocycles. The largest absolute Gasteiger partial charge is 0.324 e. The Kier molecular flexibility index (Phi) is 7.40. The quantitative estimate of drug-likeness (QED) is 0.755. The third-order valence-electron chi connectivity index (χ3n) is 2.99. The molecule has 1 aromatic carbocycles. The van der Waals surface area contributed by atoms with Gasteiger partial charge in [0, 0.05) is 12.8 Å². The van der Waals surface area contributed by atoms with E-state index in [2.05, 4.69) is 24.5 Å². The van der Waals surface area contributed by atoms with Gasteiger partial charge >= 0.3 is 0 Å². The predicted octanol–water partition coefficient (Wildman–Crippen LogP) is 3.94. The first-order chi connectivity index (χ1) is 9.67. The summed E-state index contributed by atoms with van der Waals surface area (Å²) in [4.78, 5) is 23.5. The molecule has 0 aliphatic carbocycles. The van der Waals surface area contributed by atoms with E-state index in [-0.39, 0.29) is 11.8 Å². The molecule has 0 aromatic heterocycles. The van der Waals surface area contributed by atoms with E-state index in [1.807, 2.05) is 12.1 Å². The number of anilines is 2. The monoisotopic (exact) mass is 276 g/mol. The van der Waals surface area contributed by atoms with Gasteiger partial charge in [-0.3, -0.25) is 9.59 Å². The molecule has 110 valence electrons. The second-order valence-electron chi connectivity index (χ2n) is 4.85. The number of benzene rings is 1. The summed E-state index contributed by atoms with van der Waals surface area (Å²) < 4.78 is 0. The molecule has 0 heterocycles. The molecule has 0 aliphatic heterocycles. The minimum absolute atomic E-state index is 0.0119. The highest BCUT2D eigenvalue weighted by Gasteiger charge is 2.08. The third kappa shape index (κ3) is 5.87. The molecule has 0 atom stereocenters. The van der Waals surface area contributed by atoms with Crippen molar-refractivity contribution in [2.75, 3.05) is 10.6 Å². The number of unbranched alkanes of at least 4 members (excludes halogenated alkanes) is 2. The van der Waals surface area contributed by atoms with Crippen LogP contribution in [0.2, 0.25) is 0 Å². The van der Waals surface area contributed by atoms with Crippen LogP contribution in [0.1, 0.15) is 52.4 Å². The van der Waals surface area contributed by atoms with E-state index >= 15 is 0 Å². The van der Waals surface area contributed by atoms with Crippen molar-refractivity contribution in [2.24, 2.45) is 0 Å². The lowest BCUT2D eigenvalue weighted by molar-refractivity contribution is -0.117. The molecule has 0 radical (unpaired) electrons. The van der Waals surface area contributed by atoms with E-state index in [4.69, 9.17) is 0 Å². The van der Waals surface area contributed by atoms with Crippen LogP contribution in [0.4, 0.5) is 11.4 Å². The lowest BCUT2D eigenvalue weighted by Crippen LogP contribution is -2.16. The number of nitrogens with one attached hydrogen (secondary N) is 2. The zero-order valence-corrected chi connectivity index (χ0v) is 12.4. The number of hydrogen-bond donors (Lipinski definition) is 2. The average Bonchev–Trinajstić information content (AvgIpc) is 2.45. The Morgan fingerprint density at radius 3 is 1.60 bits per heavy atom. The lowest BCUT2D eigenvalue weighted by atomic mass is 10.2. The molecule has 1 rings (SSSR count). The van der Waals surface area contributed by atoms with Gasteiger partial charge in [-0.1, -0.05) is 38.8 Å². The second-order valence-corrected chi connectivity index (χ2v) is 4.85. The first-order valence-corrected chi connectivity index (χ1v) is 7.36. The number of carbonyl (C=O) groups excluding carboxylic acids is 2. The Balaban J connectivity index is 2.63. The normalized spacial score (nSPS) is 10.1. The fourth-order valence-electron chi connectivity index (χ4n) is 1.80. The Morgan fingerprint density at radius 1 is 0.850 bits per heavy atom. The molecular weight excluding hydrogens is 252 g/mol. The Hall–Kier alpha value is -1.84. The maximum atomic E-state index is 11.8. The first kappa shape index (κ1) is 16.2. The predicted molar refractivity (Wildman–Crippen MR) is 82.8 cm³/mol. The van der Waals surface area contributed by atoms with Crippen LogP contribution in [0.25, 0.3) is 0 Å². The van der Waals surface area contributed by atoms with Crippen molar-refractivity contribution in [3.05, 3.63) is 24.3 Å². The molecule has 4 nitrogen and oxygen atoms in total. The summed E-state index contributed by atoms with van der Waals surface area (Å²) in [6, 6.07) is 7.30. The van der Waals surface area contributed by atoms with E-state index in [1.165, 1.54) is 0 Å². The molecule has 2 N–H and O–H groups in total. The molecule has 0 bridgehead atoms. The third-order valence-corrected chi connectivity index (χ3v) is 2.99. The number of para-hydroxylation sites is 2. The Morgan fingerprint density at radius 2 is 1.25 bits per heavy atom. The van der Waals surface area contributed by atoms with Gasteiger partial charge in [-0.15, -0.1) is 0 Å². The zero-order valence-electron chi connectivity index (χ0n) is 12.4. The van der Waals surface area contributed by atoms with Gasteiger partial charge in [0.2, 0.25) is 11.8 Å². The van der Waals surface area contributed by atoms with Gasteiger partial charge < -0.3 is 10.6 Å². The molecule has 0 spiro atoms. The standard InChI is InChI=1S/C16H24N2O2/c1-3-5-11-15(19)17-13-9-7-8-10-14(13)18-16(20)12-6-4-2/h7-10H,3-6,11-12H2,1-2H3,(H,17,19)(H,18,20). The maximum Gasteiger partial charge on any atom is 0.224 e. The molecule has 2 amide bonds. The molecule has 0 aliphatic rings. The SMILES string of the molecule is CCCCC(=O)Nc1ccccc1NC(=O)CCCC. The van der Waals surface area contributed by atoms with Crippen LogP contribution in [-0.2, 0) is 9.59 Å². The summed E-state index contributed by atoms with van der Waals surface area (Å²) in [7, 11) is 0. The zero-order chi connectivity index (χ0) is 14.8. The average molecular weight is 276 g/mol. The Labute approximate surface area is 121 Å². The highest BCUT2D eigenvalue weighted by Crippen LogP contribution is 2.21. The maximum absolute atomic E-state index is 11.8. The molecule has 4 heteroatoms. The van der Waals surface area contributed by atoms with Gasteiger partial charge in [0.15, 0.2) is 0 Å². The summed E-state index contributed by atoms with van der Waals surface area (Å²) in [6.07, 6.45) is 4.74. The van der Waals surface area contributed by atoms with Crippen molar-refractivity contribution in [1.29, 1.82) is 0 Å². The highest BCUT2D eigenvalue weighted by molar-refractivity contribution is 5.99. The van der Waals surface area contributed by atoms with Crippen LogP contribution in [-0.4, -0.2) is 11.8 Å². The van der Waals surface area contributed by atoms with Gasteiger partial charge in [0.25, 0.3) is 0 Å². The van der Waals surface area contributed by atoms with Crippen molar-refractivity contribution >= 4 is 23.2 Å². The van der Waals surface area contributed by atoms with E-state index in [9.17, 15) is 9.59 Å². The molecule has 0 fully saturated rings. The van der Waals surface area contributed by atoms with Crippen LogP contribution in [0.3, 0.4) is 0 Å². The van der Waals surface area contributed by atoms with Crippen LogP contribution < -0.4 is 10.6 Å². The van der Waals surface area contributed by atoms with Gasteiger partial charge in [-0.05, 0) is 25.0 Å². The van der Waals surface area contributed by atoms with Gasteiger partial charge in [-0.2, -0.15) is 0 Å². The lowest BCUT2D eigenvalue weighted by Gasteiger charge is -2.12. The second kappa shape index (κ2) is 9.13. The topological polar surface area (TPSA) is 58.2 Å². The number of amides is 2. The summed E-state index contributed by atoms with van der Waals surface area (Å²) in [5, 5.41) is 5.71. The van der Waals surface area contributed by atoms with Crippen LogP contribution in [0, 0.1) is 0 Å². The van der Waals surface area contributed by atoms with Crippen molar-refractivity contribution in [3.63, 3.8) is 0 Å². The minimum Gasteiger partial charge on any atom is -0.324 e. The summed E-state index contributed by atoms with van der Waals surface area (Å²) in [5.74, 6) is -0.0239. The Bertz CT molecular complexity index is 403. The van der Waals surface area contributed by atoms with Crippen LogP contribution in [0.5, 0.6) is 0 Å². The van der Waals surface area contributed by atoms with E-state index in [0.29, 0.717) is 24.2 Å². The molecule has 20 heavy (non-hydrogen) atoms. The smallest absolute Gasteiger partial charge is 0.224 e. The first-order valence-electron chi connectivity index (χ1n) is 7.36. The van der Waals surface area contributed by atoms with Crippen molar-refractivity contribution in [3.8, 4) is 0 Å². The molecular formula is C16H24N2O2. The van der Waals surface area contributed by atoms with E-state index in [0.717, 1.165) is 25.7 Å². The van der Waals surface area contributed by atoms with Crippen molar-refractivity contribution < 1.29 is 9.59 Å². The highest BCUT2D eigenvalue weighted by atomic mass is 16.2. The van der Waals surface area contributed by atoms with Gasteiger partial charge in [0.1, 0.15) is 0 Å². The van der Waals surface area contributed by atoms with E-state index in [1.54, 1.807) is 12.1 Å². The van der Waals surface area contributed by atoms with Crippen LogP contribution >= 0.6 is 0 Å². The number of carbonyl (C=O) groups is 2. The summed E-state index contributed by atoms with van der Waals surface area (Å²) in [5.41, 5.74) is 1.33. The molecule has 1 aromatic rings. The van der Waals surface area contributed by atoms with Crippen molar-refractivity contribution in [1.82, 2.24) is 0 Å². The fourth-order valence-corrected chi connectivity index (χ4v) is 1.80.